The van der Waals surface area contributed by atoms with Crippen LogP contribution in [0, 0.1) is 6.92 Å². The maximum atomic E-state index is 13.0. The first-order chi connectivity index (χ1) is 12.0. The van der Waals surface area contributed by atoms with Crippen molar-refractivity contribution >= 4 is 22.6 Å². The van der Waals surface area contributed by atoms with Crippen LogP contribution in [0.4, 0.5) is 0 Å². The second kappa shape index (κ2) is 5.72. The van der Waals surface area contributed by atoms with Crippen LogP contribution in [0.1, 0.15) is 42.2 Å². The number of pyridine rings is 1. The van der Waals surface area contributed by atoms with Gasteiger partial charge >= 0.3 is 0 Å². The minimum absolute atomic E-state index is 0.0164. The molecule has 0 bridgehead atoms. The molecule has 0 aliphatic carbocycles. The molecule has 0 spiro atoms. The molecule has 4 rings (SSSR count). The third-order valence-corrected chi connectivity index (χ3v) is 5.23. The first-order valence-electron chi connectivity index (χ1n) is 8.77. The largest absolute Gasteiger partial charge is 0.335 e. The van der Waals surface area contributed by atoms with Crippen LogP contribution in [0.3, 0.4) is 0 Å². The molecule has 130 valence electrons. The molecule has 6 nitrogen and oxygen atoms in total. The highest BCUT2D eigenvalue weighted by Crippen LogP contribution is 2.22. The Morgan fingerprint density at radius 3 is 2.84 bits per heavy atom. The van der Waals surface area contributed by atoms with Gasteiger partial charge in [-0.25, -0.2) is 4.98 Å². The Hall–Kier alpha value is -2.63. The highest BCUT2D eigenvalue weighted by Gasteiger charge is 2.27. The number of piperidine rings is 1. The highest BCUT2D eigenvalue weighted by atomic mass is 16.2. The maximum absolute atomic E-state index is 13.0. The number of carbonyl (C=O) groups excluding carboxylic acids is 1. The molecule has 0 saturated carbocycles. The summed E-state index contributed by atoms with van der Waals surface area (Å²) in [6.07, 6.45) is 5.00. The second-order valence-corrected chi connectivity index (χ2v) is 7.02. The van der Waals surface area contributed by atoms with E-state index in [1.165, 1.54) is 0 Å². The predicted molar refractivity (Wildman–Crippen MR) is 97.0 cm³/mol. The summed E-state index contributed by atoms with van der Waals surface area (Å²) < 4.78 is 3.30. The number of rotatable bonds is 1. The fraction of sp³-hybridized carbons (Fsp3) is 0.421. The molecular formula is C19H22N4O2. The Labute approximate surface area is 145 Å². The third kappa shape index (κ3) is 2.44. The fourth-order valence-electron chi connectivity index (χ4n) is 3.73. The van der Waals surface area contributed by atoms with Gasteiger partial charge in [0.1, 0.15) is 17.0 Å². The summed E-state index contributed by atoms with van der Waals surface area (Å²) >= 11 is 0. The van der Waals surface area contributed by atoms with Crippen LogP contribution >= 0.6 is 0 Å². The van der Waals surface area contributed by atoms with Crippen molar-refractivity contribution in [2.75, 3.05) is 6.54 Å². The van der Waals surface area contributed by atoms with Crippen LogP contribution in [0.2, 0.25) is 0 Å². The molecule has 3 aromatic heterocycles. The summed E-state index contributed by atoms with van der Waals surface area (Å²) in [4.78, 5) is 32.4. The quantitative estimate of drug-likeness (QED) is 0.685. The Bertz CT molecular complexity index is 1050. The first-order valence-corrected chi connectivity index (χ1v) is 8.77. The summed E-state index contributed by atoms with van der Waals surface area (Å²) in [7, 11) is 1.81. The smallest absolute Gasteiger partial charge is 0.270 e. The molecular weight excluding hydrogens is 316 g/mol. The lowest BCUT2D eigenvalue weighted by Gasteiger charge is -2.33. The zero-order chi connectivity index (χ0) is 17.7. The van der Waals surface area contributed by atoms with Crippen molar-refractivity contribution in [3.63, 3.8) is 0 Å². The van der Waals surface area contributed by atoms with E-state index in [1.807, 2.05) is 24.0 Å². The molecule has 6 heteroatoms. The zero-order valence-corrected chi connectivity index (χ0v) is 14.8. The number of carbonyl (C=O) groups is 1. The number of nitrogens with zero attached hydrogens (tertiary/aromatic N) is 4. The number of hydrogen-bond donors (Lipinski definition) is 0. The lowest BCUT2D eigenvalue weighted by molar-refractivity contribution is 0.0626. The molecule has 1 aliphatic heterocycles. The SMILES string of the molecule is Cc1ccc2nc3c(cc(C(=O)N4CCCC[C@@H]4C)n3C)c(=O)n2c1. The van der Waals surface area contributed by atoms with Crippen molar-refractivity contribution in [3.8, 4) is 0 Å². The van der Waals surface area contributed by atoms with Crippen molar-refractivity contribution in [2.24, 2.45) is 7.05 Å². The minimum atomic E-state index is -0.134. The molecule has 3 aromatic rings. The average molecular weight is 338 g/mol. The van der Waals surface area contributed by atoms with E-state index in [-0.39, 0.29) is 17.5 Å². The van der Waals surface area contributed by atoms with Crippen LogP contribution in [-0.4, -0.2) is 37.3 Å². The van der Waals surface area contributed by atoms with Gasteiger partial charge in [-0.2, -0.15) is 0 Å². The summed E-state index contributed by atoms with van der Waals surface area (Å²) in [5.41, 5.74) is 2.53. The molecule has 25 heavy (non-hydrogen) atoms. The van der Waals surface area contributed by atoms with Crippen LogP contribution in [0.5, 0.6) is 0 Å². The van der Waals surface area contributed by atoms with Gasteiger partial charge < -0.3 is 9.47 Å². The average Bonchev–Trinajstić information content (AvgIpc) is 2.93. The standard InChI is InChI=1S/C19H22N4O2/c1-12-7-8-16-20-17-14(18(24)23(16)11-12)10-15(21(17)3)19(25)22-9-5-4-6-13(22)2/h7-8,10-11,13H,4-6,9H2,1-3H3/t13-/m0/s1. The van der Waals surface area contributed by atoms with E-state index in [1.54, 1.807) is 28.3 Å². The van der Waals surface area contributed by atoms with E-state index in [0.29, 0.717) is 22.4 Å². The van der Waals surface area contributed by atoms with E-state index >= 15 is 0 Å². The van der Waals surface area contributed by atoms with E-state index < -0.39 is 0 Å². The van der Waals surface area contributed by atoms with Crippen molar-refractivity contribution in [1.82, 2.24) is 18.9 Å². The fourth-order valence-corrected chi connectivity index (χ4v) is 3.73. The summed E-state index contributed by atoms with van der Waals surface area (Å²) in [5, 5.41) is 0.485. The number of likely N-dealkylation sites (tertiary alicyclic amines) is 1. The van der Waals surface area contributed by atoms with Gasteiger partial charge in [-0.3, -0.25) is 14.0 Å². The van der Waals surface area contributed by atoms with E-state index in [0.717, 1.165) is 31.4 Å². The van der Waals surface area contributed by atoms with E-state index in [9.17, 15) is 9.59 Å². The molecule has 1 aliphatic rings. The molecule has 0 unspecified atom stereocenters. The second-order valence-electron chi connectivity index (χ2n) is 7.02. The molecule has 0 radical (unpaired) electrons. The van der Waals surface area contributed by atoms with Crippen LogP contribution in [-0.2, 0) is 7.05 Å². The van der Waals surface area contributed by atoms with E-state index in [4.69, 9.17) is 0 Å². The van der Waals surface area contributed by atoms with Crippen LogP contribution < -0.4 is 5.56 Å². The summed E-state index contributed by atoms with van der Waals surface area (Å²) in [6, 6.07) is 5.69. The molecule has 0 aromatic carbocycles. The topological polar surface area (TPSA) is 59.6 Å². The van der Waals surface area contributed by atoms with Gasteiger partial charge in [-0.1, -0.05) is 6.07 Å². The monoisotopic (exact) mass is 338 g/mol. The molecule has 1 fully saturated rings. The van der Waals surface area contributed by atoms with Crippen molar-refractivity contribution < 1.29 is 4.79 Å². The van der Waals surface area contributed by atoms with Gasteiger partial charge in [0, 0.05) is 25.8 Å². The van der Waals surface area contributed by atoms with Crippen LogP contribution in [0.15, 0.2) is 29.2 Å². The van der Waals surface area contributed by atoms with Gasteiger partial charge in [0.05, 0.1) is 5.39 Å². The van der Waals surface area contributed by atoms with Gasteiger partial charge in [0.15, 0.2) is 0 Å². The van der Waals surface area contributed by atoms with Crippen molar-refractivity contribution in [1.29, 1.82) is 0 Å². The Morgan fingerprint density at radius 1 is 1.28 bits per heavy atom. The highest BCUT2D eigenvalue weighted by molar-refractivity contribution is 5.98. The Kier molecular flexibility index (Phi) is 3.63. The van der Waals surface area contributed by atoms with Crippen LogP contribution in [0.25, 0.3) is 16.7 Å². The molecule has 1 atom stereocenters. The van der Waals surface area contributed by atoms with Gasteiger partial charge in [0.2, 0.25) is 0 Å². The number of hydrogen-bond acceptors (Lipinski definition) is 3. The molecule has 0 N–H and O–H groups in total. The summed E-state index contributed by atoms with van der Waals surface area (Å²) in [5.74, 6) is -0.0164. The molecule has 4 heterocycles. The van der Waals surface area contributed by atoms with Gasteiger partial charge in [-0.15, -0.1) is 0 Å². The Balaban J connectivity index is 1.90. The number of aryl methyl sites for hydroxylation is 2. The number of amides is 1. The van der Waals surface area contributed by atoms with E-state index in [2.05, 4.69) is 11.9 Å². The van der Waals surface area contributed by atoms with Crippen molar-refractivity contribution in [2.45, 2.75) is 39.2 Å². The first kappa shape index (κ1) is 15.9. The third-order valence-electron chi connectivity index (χ3n) is 5.23. The maximum Gasteiger partial charge on any atom is 0.270 e. The van der Waals surface area contributed by atoms with Crippen molar-refractivity contribution in [3.05, 3.63) is 46.0 Å². The predicted octanol–water partition coefficient (Wildman–Crippen LogP) is 2.51. The zero-order valence-electron chi connectivity index (χ0n) is 14.8. The number of aromatic nitrogens is 3. The lowest BCUT2D eigenvalue weighted by atomic mass is 10.0. The normalized spacial score (nSPS) is 18.2. The Morgan fingerprint density at radius 2 is 2.08 bits per heavy atom. The van der Waals surface area contributed by atoms with Gasteiger partial charge in [0.25, 0.3) is 11.5 Å². The minimum Gasteiger partial charge on any atom is -0.335 e. The van der Waals surface area contributed by atoms with Gasteiger partial charge in [-0.05, 0) is 50.8 Å². The summed E-state index contributed by atoms with van der Waals surface area (Å²) in [6.45, 7) is 4.80. The lowest BCUT2D eigenvalue weighted by Crippen LogP contribution is -2.42. The molecule has 1 saturated heterocycles. The number of fused-ring (bicyclic) bond motifs is 2. The molecule has 1 amide bonds.